The molecule has 0 saturated carbocycles. The highest BCUT2D eigenvalue weighted by Gasteiger charge is 2.53. The summed E-state index contributed by atoms with van der Waals surface area (Å²) in [5, 5.41) is 0. The Labute approximate surface area is 179 Å². The minimum atomic E-state index is -0.270. The highest BCUT2D eigenvalue weighted by molar-refractivity contribution is 6.51. The molecule has 0 unspecified atom stereocenters. The predicted octanol–water partition coefficient (Wildman–Crippen LogP) is 6.07. The fraction of sp³-hybridized carbons (Fsp3) is 0.172. The van der Waals surface area contributed by atoms with Gasteiger partial charge in [-0.15, -0.1) is 0 Å². The van der Waals surface area contributed by atoms with Gasteiger partial charge in [-0.25, -0.2) is 0 Å². The monoisotopic (exact) mass is 383 g/mol. The van der Waals surface area contributed by atoms with Crippen molar-refractivity contribution < 1.29 is 0 Å². The molecule has 0 aromatic heterocycles. The summed E-state index contributed by atoms with van der Waals surface area (Å²) in [5.41, 5.74) is 12.2. The summed E-state index contributed by atoms with van der Waals surface area (Å²) in [5.74, 6) is 0. The molecule has 1 heteroatoms. The molecule has 0 N–H and O–H groups in total. The number of benzene rings is 4. The van der Waals surface area contributed by atoms with Crippen LogP contribution in [0.25, 0.3) is 11.1 Å². The molecule has 0 fully saturated rings. The molecule has 0 nitrogen and oxygen atoms in total. The average molecular weight is 383 g/mol. The fourth-order valence-corrected chi connectivity index (χ4v) is 6.06. The van der Waals surface area contributed by atoms with Gasteiger partial charge in [0.25, 0.3) is 0 Å². The Morgan fingerprint density at radius 3 is 1.63 bits per heavy atom. The van der Waals surface area contributed by atoms with Crippen LogP contribution < -0.4 is 5.46 Å². The van der Waals surface area contributed by atoms with Gasteiger partial charge < -0.3 is 0 Å². The first-order valence-electron chi connectivity index (χ1n) is 10.8. The molecular weight excluding hydrogens is 359 g/mol. The van der Waals surface area contributed by atoms with Gasteiger partial charge in [-0.3, -0.25) is 0 Å². The van der Waals surface area contributed by atoms with E-state index in [1.165, 1.54) is 50.0 Å². The van der Waals surface area contributed by atoms with Crippen molar-refractivity contribution in [3.63, 3.8) is 0 Å². The second kappa shape index (κ2) is 5.98. The highest BCUT2D eigenvalue weighted by Crippen LogP contribution is 2.61. The molecule has 1 radical (unpaired) electrons. The smallest absolute Gasteiger partial charge is 0.0878 e. The maximum absolute atomic E-state index is 2.44. The van der Waals surface area contributed by atoms with E-state index in [-0.39, 0.29) is 10.8 Å². The molecule has 2 aliphatic carbocycles. The summed E-state index contributed by atoms with van der Waals surface area (Å²) in [6, 6.07) is 34.2. The zero-order chi connectivity index (χ0) is 20.5. The zero-order valence-corrected chi connectivity index (χ0v) is 17.7. The summed E-state index contributed by atoms with van der Waals surface area (Å²) in [6.45, 7) is 6.88. The molecule has 2 aliphatic rings. The van der Waals surface area contributed by atoms with Crippen molar-refractivity contribution in [1.29, 1.82) is 0 Å². The van der Waals surface area contributed by atoms with E-state index >= 15 is 0 Å². The van der Waals surface area contributed by atoms with E-state index in [2.05, 4.69) is 119 Å². The first-order chi connectivity index (χ1) is 14.6. The Bertz CT molecular complexity index is 1270. The maximum atomic E-state index is 2.44. The van der Waals surface area contributed by atoms with Gasteiger partial charge in [-0.1, -0.05) is 117 Å². The summed E-state index contributed by atoms with van der Waals surface area (Å²) in [7, 11) is 2.22. The van der Waals surface area contributed by atoms with Crippen molar-refractivity contribution in [2.45, 2.75) is 31.5 Å². The Morgan fingerprint density at radius 1 is 0.533 bits per heavy atom. The second-order valence-electron chi connectivity index (χ2n) is 9.11. The Hall–Kier alpha value is -3.06. The van der Waals surface area contributed by atoms with Crippen LogP contribution in [0.2, 0.25) is 6.82 Å². The summed E-state index contributed by atoms with van der Waals surface area (Å²) < 4.78 is 0. The molecule has 1 spiro atoms. The standard InChI is InChI=1S/C29H24B/c1-28(2)24-14-8-9-15-26(24)29(27-18-19(30-3)16-17-25(27)28)22-12-6-4-10-20(22)21-11-5-7-13-23(21)29/h4-18H,1-3H3. The third-order valence-electron chi connectivity index (χ3n) is 7.41. The van der Waals surface area contributed by atoms with Crippen LogP contribution in [0.1, 0.15) is 47.2 Å². The SMILES string of the molecule is C[B]c1ccc2c(c1)C1(c3ccccc3-c3ccccc31)c1ccccc1C2(C)C. The van der Waals surface area contributed by atoms with E-state index in [0.29, 0.717) is 0 Å². The average Bonchev–Trinajstić information content (AvgIpc) is 3.09. The summed E-state index contributed by atoms with van der Waals surface area (Å²) in [6.07, 6.45) is 0. The van der Waals surface area contributed by atoms with Gasteiger partial charge in [0.15, 0.2) is 0 Å². The Balaban J connectivity index is 1.87. The van der Waals surface area contributed by atoms with Crippen molar-refractivity contribution in [2.75, 3.05) is 0 Å². The Morgan fingerprint density at radius 2 is 1.03 bits per heavy atom. The van der Waals surface area contributed by atoms with Gasteiger partial charge >= 0.3 is 0 Å². The summed E-state index contributed by atoms with van der Waals surface area (Å²) >= 11 is 0. The molecule has 143 valence electrons. The third-order valence-corrected chi connectivity index (χ3v) is 7.41. The quantitative estimate of drug-likeness (QED) is 0.308. The predicted molar refractivity (Wildman–Crippen MR) is 127 cm³/mol. The molecule has 4 aromatic rings. The van der Waals surface area contributed by atoms with Gasteiger partial charge in [0.2, 0.25) is 0 Å². The number of hydrogen-bond donors (Lipinski definition) is 0. The minimum Gasteiger partial charge on any atom is -0.0878 e. The minimum absolute atomic E-state index is 0.0457. The molecule has 6 rings (SSSR count). The van der Waals surface area contributed by atoms with Crippen molar-refractivity contribution >= 4 is 12.7 Å². The van der Waals surface area contributed by atoms with Crippen LogP contribution in [0.5, 0.6) is 0 Å². The van der Waals surface area contributed by atoms with Crippen LogP contribution in [0, 0.1) is 0 Å². The van der Waals surface area contributed by atoms with Crippen molar-refractivity contribution in [1.82, 2.24) is 0 Å². The summed E-state index contributed by atoms with van der Waals surface area (Å²) in [4.78, 5) is 0. The lowest BCUT2D eigenvalue weighted by Crippen LogP contribution is -2.41. The lowest BCUT2D eigenvalue weighted by Gasteiger charge is -2.47. The van der Waals surface area contributed by atoms with Gasteiger partial charge in [0.05, 0.1) is 5.41 Å². The van der Waals surface area contributed by atoms with Crippen LogP contribution in [-0.2, 0) is 10.8 Å². The molecular formula is C29H24B. The molecule has 0 atom stereocenters. The van der Waals surface area contributed by atoms with Crippen LogP contribution >= 0.6 is 0 Å². The van der Waals surface area contributed by atoms with E-state index in [4.69, 9.17) is 0 Å². The molecule has 4 aromatic carbocycles. The highest BCUT2D eigenvalue weighted by atomic mass is 14.5. The van der Waals surface area contributed by atoms with Crippen LogP contribution in [0.15, 0.2) is 91.0 Å². The largest absolute Gasteiger partial charge is 0.148 e. The molecule has 30 heavy (non-hydrogen) atoms. The molecule has 0 aliphatic heterocycles. The first-order valence-corrected chi connectivity index (χ1v) is 10.8. The number of fused-ring (bicyclic) bond motifs is 9. The van der Waals surface area contributed by atoms with E-state index in [1.807, 2.05) is 0 Å². The van der Waals surface area contributed by atoms with Crippen molar-refractivity contribution in [3.05, 3.63) is 124 Å². The number of hydrogen-bond acceptors (Lipinski definition) is 0. The van der Waals surface area contributed by atoms with Crippen LogP contribution in [0.3, 0.4) is 0 Å². The van der Waals surface area contributed by atoms with Crippen molar-refractivity contribution in [2.24, 2.45) is 0 Å². The third kappa shape index (κ3) is 1.98. The van der Waals surface area contributed by atoms with Gasteiger partial charge in [0, 0.05) is 5.41 Å². The second-order valence-corrected chi connectivity index (χ2v) is 9.11. The van der Waals surface area contributed by atoms with Crippen molar-refractivity contribution in [3.8, 4) is 11.1 Å². The maximum Gasteiger partial charge on any atom is 0.148 e. The van der Waals surface area contributed by atoms with Gasteiger partial charge in [0.1, 0.15) is 7.28 Å². The van der Waals surface area contributed by atoms with Gasteiger partial charge in [-0.05, 0) is 44.5 Å². The first kappa shape index (κ1) is 17.8. The molecule has 0 amide bonds. The van der Waals surface area contributed by atoms with E-state index < -0.39 is 0 Å². The molecule has 0 heterocycles. The number of rotatable bonds is 1. The topological polar surface area (TPSA) is 0 Å². The molecule has 0 saturated heterocycles. The lowest BCUT2D eigenvalue weighted by atomic mass is 9.54. The zero-order valence-electron chi connectivity index (χ0n) is 17.7. The Kier molecular flexibility index (Phi) is 3.54. The molecule has 0 bridgehead atoms. The van der Waals surface area contributed by atoms with Gasteiger partial charge in [-0.2, -0.15) is 0 Å². The van der Waals surface area contributed by atoms with E-state index in [1.54, 1.807) is 0 Å². The van der Waals surface area contributed by atoms with Crippen LogP contribution in [-0.4, -0.2) is 7.28 Å². The van der Waals surface area contributed by atoms with Crippen LogP contribution in [0.4, 0.5) is 0 Å². The lowest BCUT2D eigenvalue weighted by molar-refractivity contribution is 0.564. The van der Waals surface area contributed by atoms with E-state index in [0.717, 1.165) is 0 Å². The van der Waals surface area contributed by atoms with E-state index in [9.17, 15) is 0 Å². The normalized spacial score (nSPS) is 16.4. The fourth-order valence-electron chi connectivity index (χ4n) is 6.06.